The first-order chi connectivity index (χ1) is 8.26. The molecule has 0 spiro atoms. The molecular formula is C15H25NO. The molecule has 2 heteroatoms. The van der Waals surface area contributed by atoms with E-state index in [0.717, 1.165) is 5.75 Å². The van der Waals surface area contributed by atoms with Gasteiger partial charge >= 0.3 is 0 Å². The summed E-state index contributed by atoms with van der Waals surface area (Å²) in [5, 5.41) is 3.51. The van der Waals surface area contributed by atoms with Crippen molar-refractivity contribution in [3.63, 3.8) is 0 Å². The third kappa shape index (κ3) is 5.62. The zero-order chi connectivity index (χ0) is 12.5. The number of ether oxygens (including phenoxy) is 1. The summed E-state index contributed by atoms with van der Waals surface area (Å²) >= 11 is 0. The largest absolute Gasteiger partial charge is 0.497 e. The van der Waals surface area contributed by atoms with E-state index in [2.05, 4.69) is 31.3 Å². The molecule has 0 aliphatic heterocycles. The summed E-state index contributed by atoms with van der Waals surface area (Å²) in [6, 6.07) is 8.67. The van der Waals surface area contributed by atoms with Gasteiger partial charge in [0.1, 0.15) is 5.75 Å². The van der Waals surface area contributed by atoms with E-state index >= 15 is 0 Å². The number of anilines is 1. The fourth-order valence-corrected chi connectivity index (χ4v) is 1.92. The summed E-state index contributed by atoms with van der Waals surface area (Å²) in [6.45, 7) is 4.50. The Morgan fingerprint density at radius 1 is 1.12 bits per heavy atom. The SMILES string of the molecule is CCCCCCC(C)Nc1ccc(OC)cc1. The Kier molecular flexibility index (Phi) is 6.53. The maximum Gasteiger partial charge on any atom is 0.119 e. The van der Waals surface area contributed by atoms with Crippen molar-refractivity contribution in [1.29, 1.82) is 0 Å². The minimum Gasteiger partial charge on any atom is -0.497 e. The average Bonchev–Trinajstić information content (AvgIpc) is 2.36. The molecule has 0 heterocycles. The number of benzene rings is 1. The van der Waals surface area contributed by atoms with Gasteiger partial charge in [-0.05, 0) is 37.6 Å². The molecule has 1 atom stereocenters. The van der Waals surface area contributed by atoms with Crippen molar-refractivity contribution in [2.75, 3.05) is 12.4 Å². The van der Waals surface area contributed by atoms with Gasteiger partial charge in [-0.3, -0.25) is 0 Å². The third-order valence-corrected chi connectivity index (χ3v) is 2.99. The Labute approximate surface area is 105 Å². The summed E-state index contributed by atoms with van der Waals surface area (Å²) < 4.78 is 5.14. The summed E-state index contributed by atoms with van der Waals surface area (Å²) in [7, 11) is 1.69. The van der Waals surface area contributed by atoms with Gasteiger partial charge < -0.3 is 10.1 Å². The quantitative estimate of drug-likeness (QED) is 0.671. The topological polar surface area (TPSA) is 21.3 Å². The van der Waals surface area contributed by atoms with Gasteiger partial charge in [0, 0.05) is 11.7 Å². The molecule has 0 saturated carbocycles. The standard InChI is InChI=1S/C15H25NO/c1-4-5-6-7-8-13(2)16-14-9-11-15(17-3)12-10-14/h9-13,16H,4-8H2,1-3H3. The van der Waals surface area contributed by atoms with Crippen molar-refractivity contribution in [2.24, 2.45) is 0 Å². The molecule has 0 fully saturated rings. The van der Waals surface area contributed by atoms with Crippen LogP contribution in [0.4, 0.5) is 5.69 Å². The fourth-order valence-electron chi connectivity index (χ4n) is 1.92. The lowest BCUT2D eigenvalue weighted by molar-refractivity contribution is 0.415. The second-order valence-corrected chi connectivity index (χ2v) is 4.62. The third-order valence-electron chi connectivity index (χ3n) is 2.99. The summed E-state index contributed by atoms with van der Waals surface area (Å²) in [5.74, 6) is 0.908. The van der Waals surface area contributed by atoms with Gasteiger partial charge in [-0.1, -0.05) is 32.6 Å². The second kappa shape index (κ2) is 7.99. The highest BCUT2D eigenvalue weighted by molar-refractivity contribution is 5.46. The highest BCUT2D eigenvalue weighted by atomic mass is 16.5. The van der Waals surface area contributed by atoms with E-state index in [-0.39, 0.29) is 0 Å². The van der Waals surface area contributed by atoms with Crippen molar-refractivity contribution in [3.8, 4) is 5.75 Å². The minimum absolute atomic E-state index is 0.542. The van der Waals surface area contributed by atoms with Gasteiger partial charge in [0.25, 0.3) is 0 Å². The maximum atomic E-state index is 5.14. The van der Waals surface area contributed by atoms with Gasteiger partial charge in [0.2, 0.25) is 0 Å². The van der Waals surface area contributed by atoms with E-state index in [1.165, 1.54) is 37.8 Å². The lowest BCUT2D eigenvalue weighted by Crippen LogP contribution is -2.14. The normalized spacial score (nSPS) is 12.2. The van der Waals surface area contributed by atoms with Crippen LogP contribution in [0.2, 0.25) is 0 Å². The zero-order valence-electron chi connectivity index (χ0n) is 11.3. The molecule has 1 aromatic carbocycles. The van der Waals surface area contributed by atoms with E-state index in [0.29, 0.717) is 6.04 Å². The Morgan fingerprint density at radius 3 is 2.41 bits per heavy atom. The Bertz CT molecular complexity index is 294. The molecule has 0 radical (unpaired) electrons. The first kappa shape index (κ1) is 13.9. The predicted octanol–water partition coefficient (Wildman–Crippen LogP) is 4.47. The Hall–Kier alpha value is -1.18. The van der Waals surface area contributed by atoms with Crippen molar-refractivity contribution in [2.45, 2.75) is 52.0 Å². The van der Waals surface area contributed by atoms with Crippen LogP contribution in [0.25, 0.3) is 0 Å². The van der Waals surface area contributed by atoms with Gasteiger partial charge in [0.15, 0.2) is 0 Å². The molecule has 0 aliphatic carbocycles. The molecule has 0 bridgehead atoms. The monoisotopic (exact) mass is 235 g/mol. The molecule has 0 aliphatic rings. The highest BCUT2D eigenvalue weighted by Crippen LogP contribution is 2.17. The van der Waals surface area contributed by atoms with Gasteiger partial charge in [-0.2, -0.15) is 0 Å². The van der Waals surface area contributed by atoms with Crippen LogP contribution in [-0.2, 0) is 0 Å². The lowest BCUT2D eigenvalue weighted by atomic mass is 10.1. The molecule has 17 heavy (non-hydrogen) atoms. The van der Waals surface area contributed by atoms with Crippen molar-refractivity contribution in [3.05, 3.63) is 24.3 Å². The van der Waals surface area contributed by atoms with Gasteiger partial charge in [-0.15, -0.1) is 0 Å². The van der Waals surface area contributed by atoms with Crippen LogP contribution in [0.1, 0.15) is 46.0 Å². The van der Waals surface area contributed by atoms with Crippen LogP contribution in [0.15, 0.2) is 24.3 Å². The van der Waals surface area contributed by atoms with E-state index in [4.69, 9.17) is 4.74 Å². The molecule has 96 valence electrons. The fraction of sp³-hybridized carbons (Fsp3) is 0.600. The average molecular weight is 235 g/mol. The van der Waals surface area contributed by atoms with Crippen LogP contribution in [0.5, 0.6) is 5.75 Å². The molecule has 0 saturated heterocycles. The van der Waals surface area contributed by atoms with E-state index < -0.39 is 0 Å². The summed E-state index contributed by atoms with van der Waals surface area (Å²) in [6.07, 6.45) is 6.57. The Balaban J connectivity index is 2.26. The van der Waals surface area contributed by atoms with Gasteiger partial charge in [-0.25, -0.2) is 0 Å². The maximum absolute atomic E-state index is 5.14. The van der Waals surface area contributed by atoms with E-state index in [1.807, 2.05) is 12.1 Å². The summed E-state index contributed by atoms with van der Waals surface area (Å²) in [4.78, 5) is 0. The van der Waals surface area contributed by atoms with Crippen molar-refractivity contribution >= 4 is 5.69 Å². The molecule has 1 aromatic rings. The van der Waals surface area contributed by atoms with Crippen LogP contribution in [0.3, 0.4) is 0 Å². The molecule has 1 unspecified atom stereocenters. The molecule has 0 aromatic heterocycles. The van der Waals surface area contributed by atoms with Crippen LogP contribution in [0, 0.1) is 0 Å². The first-order valence-electron chi connectivity index (χ1n) is 6.67. The molecule has 1 N–H and O–H groups in total. The van der Waals surface area contributed by atoms with E-state index in [9.17, 15) is 0 Å². The smallest absolute Gasteiger partial charge is 0.119 e. The number of hydrogen-bond donors (Lipinski definition) is 1. The van der Waals surface area contributed by atoms with Crippen LogP contribution >= 0.6 is 0 Å². The minimum atomic E-state index is 0.542. The molecule has 2 nitrogen and oxygen atoms in total. The zero-order valence-corrected chi connectivity index (χ0v) is 11.3. The first-order valence-corrected chi connectivity index (χ1v) is 6.67. The second-order valence-electron chi connectivity index (χ2n) is 4.62. The summed E-state index contributed by atoms with van der Waals surface area (Å²) in [5.41, 5.74) is 1.17. The molecule has 1 rings (SSSR count). The lowest BCUT2D eigenvalue weighted by Gasteiger charge is -2.15. The number of unbranched alkanes of at least 4 members (excludes halogenated alkanes) is 3. The number of hydrogen-bond acceptors (Lipinski definition) is 2. The number of methoxy groups -OCH3 is 1. The van der Waals surface area contributed by atoms with Crippen molar-refractivity contribution in [1.82, 2.24) is 0 Å². The van der Waals surface area contributed by atoms with Crippen LogP contribution < -0.4 is 10.1 Å². The molecule has 0 amide bonds. The number of nitrogens with one attached hydrogen (secondary N) is 1. The predicted molar refractivity (Wildman–Crippen MR) is 74.8 cm³/mol. The number of rotatable bonds is 8. The van der Waals surface area contributed by atoms with Crippen molar-refractivity contribution < 1.29 is 4.74 Å². The van der Waals surface area contributed by atoms with Crippen LogP contribution in [-0.4, -0.2) is 13.2 Å². The molecular weight excluding hydrogens is 210 g/mol. The Morgan fingerprint density at radius 2 is 1.82 bits per heavy atom. The highest BCUT2D eigenvalue weighted by Gasteiger charge is 2.01. The van der Waals surface area contributed by atoms with E-state index in [1.54, 1.807) is 7.11 Å². The van der Waals surface area contributed by atoms with Gasteiger partial charge in [0.05, 0.1) is 7.11 Å².